The first kappa shape index (κ1) is 14.1. The fourth-order valence-electron chi connectivity index (χ4n) is 1.92. The van der Waals surface area contributed by atoms with Gasteiger partial charge in [0.15, 0.2) is 0 Å². The minimum absolute atomic E-state index is 0.320. The highest BCUT2D eigenvalue weighted by Crippen LogP contribution is 2.22. The number of hydrogen-bond donors (Lipinski definition) is 1. The zero-order chi connectivity index (χ0) is 14.7. The summed E-state index contributed by atoms with van der Waals surface area (Å²) >= 11 is 0. The average molecular weight is 273 g/mol. The van der Waals surface area contributed by atoms with E-state index in [-0.39, 0.29) is 11.7 Å². The van der Waals surface area contributed by atoms with Gasteiger partial charge < -0.3 is 10.1 Å². The summed E-state index contributed by atoms with van der Waals surface area (Å²) in [4.78, 5) is 12.3. The van der Waals surface area contributed by atoms with Crippen LogP contribution in [0.25, 0.3) is 0 Å². The summed E-state index contributed by atoms with van der Waals surface area (Å²) in [6, 6.07) is 9.63. The van der Waals surface area contributed by atoms with Crippen molar-refractivity contribution in [2.45, 2.75) is 13.8 Å². The summed E-state index contributed by atoms with van der Waals surface area (Å²) in [6.45, 7) is 3.70. The molecule has 0 aliphatic rings. The molecule has 104 valence electrons. The minimum Gasteiger partial charge on any atom is -0.496 e. The predicted molar refractivity (Wildman–Crippen MR) is 76.8 cm³/mol. The molecule has 2 aromatic rings. The third kappa shape index (κ3) is 2.96. The molecule has 3 nitrogen and oxygen atoms in total. The maximum Gasteiger partial charge on any atom is 0.259 e. The molecule has 0 saturated carbocycles. The van der Waals surface area contributed by atoms with E-state index < -0.39 is 0 Å². The number of ether oxygens (including phenoxy) is 1. The van der Waals surface area contributed by atoms with E-state index in [1.54, 1.807) is 18.2 Å². The summed E-state index contributed by atoms with van der Waals surface area (Å²) in [5, 5.41) is 2.71. The van der Waals surface area contributed by atoms with Crippen LogP contribution >= 0.6 is 0 Å². The Hall–Kier alpha value is -2.36. The molecule has 0 unspecified atom stereocenters. The fraction of sp³-hybridized carbons (Fsp3) is 0.188. The maximum atomic E-state index is 13.2. The lowest BCUT2D eigenvalue weighted by Crippen LogP contribution is -2.14. The molecule has 0 atom stereocenters. The lowest BCUT2D eigenvalue weighted by molar-refractivity contribution is 0.102. The summed E-state index contributed by atoms with van der Waals surface area (Å²) < 4.78 is 18.4. The second-order valence-electron chi connectivity index (χ2n) is 4.62. The quantitative estimate of drug-likeness (QED) is 0.926. The molecule has 1 amide bonds. The fourth-order valence-corrected chi connectivity index (χ4v) is 1.92. The Bertz CT molecular complexity index is 653. The lowest BCUT2D eigenvalue weighted by atomic mass is 10.1. The van der Waals surface area contributed by atoms with E-state index in [4.69, 9.17) is 4.74 Å². The molecule has 0 bridgehead atoms. The van der Waals surface area contributed by atoms with Crippen LogP contribution in [0.4, 0.5) is 10.1 Å². The minimum atomic E-state index is -0.387. The van der Waals surface area contributed by atoms with Crippen LogP contribution in [0.5, 0.6) is 5.75 Å². The van der Waals surface area contributed by atoms with Crippen LogP contribution in [-0.4, -0.2) is 13.0 Å². The van der Waals surface area contributed by atoms with Crippen LogP contribution in [-0.2, 0) is 0 Å². The van der Waals surface area contributed by atoms with Gasteiger partial charge in [-0.1, -0.05) is 17.7 Å². The molecule has 0 fully saturated rings. The van der Waals surface area contributed by atoms with E-state index in [1.807, 2.05) is 19.9 Å². The average Bonchev–Trinajstić information content (AvgIpc) is 2.42. The Morgan fingerprint density at radius 1 is 1.15 bits per heavy atom. The predicted octanol–water partition coefficient (Wildman–Crippen LogP) is 3.70. The Balaban J connectivity index is 2.32. The summed E-state index contributed by atoms with van der Waals surface area (Å²) in [7, 11) is 1.51. The molecule has 20 heavy (non-hydrogen) atoms. The van der Waals surface area contributed by atoms with Gasteiger partial charge in [0.1, 0.15) is 11.6 Å². The van der Waals surface area contributed by atoms with Crippen LogP contribution in [0, 0.1) is 19.7 Å². The second kappa shape index (κ2) is 5.74. The first-order valence-electron chi connectivity index (χ1n) is 6.23. The van der Waals surface area contributed by atoms with Crippen molar-refractivity contribution in [1.82, 2.24) is 0 Å². The topological polar surface area (TPSA) is 38.3 Å². The number of methoxy groups -OCH3 is 1. The van der Waals surface area contributed by atoms with E-state index >= 15 is 0 Å². The van der Waals surface area contributed by atoms with Crippen LogP contribution in [0.3, 0.4) is 0 Å². The van der Waals surface area contributed by atoms with Crippen molar-refractivity contribution in [2.24, 2.45) is 0 Å². The number of carbonyl (C=O) groups excluding carboxylic acids is 1. The monoisotopic (exact) mass is 273 g/mol. The Kier molecular flexibility index (Phi) is 4.03. The molecule has 2 rings (SSSR count). The van der Waals surface area contributed by atoms with Gasteiger partial charge in [0, 0.05) is 5.69 Å². The first-order chi connectivity index (χ1) is 9.51. The van der Waals surface area contributed by atoms with Crippen LogP contribution in [0.1, 0.15) is 21.5 Å². The first-order valence-corrected chi connectivity index (χ1v) is 6.23. The van der Waals surface area contributed by atoms with Crippen molar-refractivity contribution >= 4 is 11.6 Å². The Labute approximate surface area is 117 Å². The molecule has 0 saturated heterocycles. The van der Waals surface area contributed by atoms with E-state index in [0.717, 1.165) is 11.1 Å². The van der Waals surface area contributed by atoms with Crippen molar-refractivity contribution in [3.63, 3.8) is 0 Å². The normalized spacial score (nSPS) is 10.2. The van der Waals surface area contributed by atoms with Crippen molar-refractivity contribution in [3.05, 3.63) is 58.9 Å². The largest absolute Gasteiger partial charge is 0.496 e. The molecule has 0 aromatic heterocycles. The van der Waals surface area contributed by atoms with E-state index in [1.165, 1.54) is 19.2 Å². The Morgan fingerprint density at radius 2 is 1.90 bits per heavy atom. The van der Waals surface area contributed by atoms with Gasteiger partial charge in [0.25, 0.3) is 5.91 Å². The van der Waals surface area contributed by atoms with E-state index in [2.05, 4.69) is 5.32 Å². The molecule has 2 aromatic carbocycles. The third-order valence-corrected chi connectivity index (χ3v) is 3.05. The standard InChI is InChI=1S/C16H16FNO2/c1-10-4-7-15(20-3)13(8-10)16(19)18-14-9-12(17)6-5-11(14)2/h4-9H,1-3H3,(H,18,19). The van der Waals surface area contributed by atoms with Crippen LogP contribution in [0.15, 0.2) is 36.4 Å². The number of benzene rings is 2. The SMILES string of the molecule is COc1ccc(C)cc1C(=O)Nc1cc(F)ccc1C. The molecule has 4 heteroatoms. The number of halogens is 1. The zero-order valence-electron chi connectivity index (χ0n) is 11.7. The number of nitrogens with one attached hydrogen (secondary N) is 1. The molecular formula is C16H16FNO2. The van der Waals surface area contributed by atoms with Crippen LogP contribution < -0.4 is 10.1 Å². The van der Waals surface area contributed by atoms with Crippen molar-refractivity contribution in [1.29, 1.82) is 0 Å². The summed E-state index contributed by atoms with van der Waals surface area (Å²) in [5.74, 6) is -0.219. The van der Waals surface area contributed by atoms with Gasteiger partial charge in [0.2, 0.25) is 0 Å². The molecule has 0 spiro atoms. The highest BCUT2D eigenvalue weighted by Gasteiger charge is 2.13. The number of aryl methyl sites for hydroxylation is 2. The number of rotatable bonds is 3. The van der Waals surface area contributed by atoms with Gasteiger partial charge in [-0.2, -0.15) is 0 Å². The number of amides is 1. The molecular weight excluding hydrogens is 257 g/mol. The number of anilines is 1. The van der Waals surface area contributed by atoms with Gasteiger partial charge in [-0.3, -0.25) is 4.79 Å². The summed E-state index contributed by atoms with van der Waals surface area (Å²) in [6.07, 6.45) is 0. The second-order valence-corrected chi connectivity index (χ2v) is 4.62. The lowest BCUT2D eigenvalue weighted by Gasteiger charge is -2.12. The number of carbonyl (C=O) groups is 1. The van der Waals surface area contributed by atoms with Crippen LogP contribution in [0.2, 0.25) is 0 Å². The highest BCUT2D eigenvalue weighted by molar-refractivity contribution is 6.06. The smallest absolute Gasteiger partial charge is 0.259 e. The Morgan fingerprint density at radius 3 is 2.60 bits per heavy atom. The van der Waals surface area contributed by atoms with Gasteiger partial charge in [-0.15, -0.1) is 0 Å². The highest BCUT2D eigenvalue weighted by atomic mass is 19.1. The number of hydrogen-bond acceptors (Lipinski definition) is 2. The molecule has 0 radical (unpaired) electrons. The van der Waals surface area contributed by atoms with Gasteiger partial charge in [-0.05, 0) is 43.7 Å². The molecule has 0 heterocycles. The molecule has 0 aliphatic carbocycles. The van der Waals surface area contributed by atoms with Crippen molar-refractivity contribution in [3.8, 4) is 5.75 Å². The maximum absolute atomic E-state index is 13.2. The van der Waals surface area contributed by atoms with E-state index in [9.17, 15) is 9.18 Å². The van der Waals surface area contributed by atoms with Gasteiger partial charge in [0.05, 0.1) is 12.7 Å². The molecule has 1 N–H and O–H groups in total. The van der Waals surface area contributed by atoms with Crippen molar-refractivity contribution < 1.29 is 13.9 Å². The molecule has 0 aliphatic heterocycles. The summed E-state index contributed by atoms with van der Waals surface area (Å²) in [5.41, 5.74) is 2.63. The van der Waals surface area contributed by atoms with Gasteiger partial charge in [-0.25, -0.2) is 4.39 Å². The zero-order valence-corrected chi connectivity index (χ0v) is 11.7. The van der Waals surface area contributed by atoms with Crippen molar-refractivity contribution in [2.75, 3.05) is 12.4 Å². The third-order valence-electron chi connectivity index (χ3n) is 3.05. The van der Waals surface area contributed by atoms with Gasteiger partial charge >= 0.3 is 0 Å². The van der Waals surface area contributed by atoms with E-state index in [0.29, 0.717) is 17.0 Å².